The minimum Gasteiger partial charge on any atom is -0.356 e. The zero-order valence-corrected chi connectivity index (χ0v) is 16.9. The Hall–Kier alpha value is -1.12. The number of guanidine groups is 1. The van der Waals surface area contributed by atoms with Gasteiger partial charge in [-0.2, -0.15) is 4.31 Å². The Bertz CT molecular complexity index is 688. The predicted molar refractivity (Wildman–Crippen MR) is 106 cm³/mol. The number of piperidine rings is 1. The van der Waals surface area contributed by atoms with Crippen LogP contribution in [0, 0.1) is 0 Å². The predicted octanol–water partition coefficient (Wildman–Crippen LogP) is 2.27. The molecule has 0 aliphatic carbocycles. The highest BCUT2D eigenvalue weighted by Gasteiger charge is 2.25. The first-order chi connectivity index (χ1) is 11.7. The summed E-state index contributed by atoms with van der Waals surface area (Å²) in [5, 5.41) is 6.53. The molecule has 0 bridgehead atoms. The topological polar surface area (TPSA) is 73.8 Å². The van der Waals surface area contributed by atoms with Crippen molar-refractivity contribution in [1.82, 2.24) is 14.9 Å². The van der Waals surface area contributed by atoms with Crippen molar-refractivity contribution in [1.29, 1.82) is 0 Å². The number of hydrogen-bond donors (Lipinski definition) is 2. The van der Waals surface area contributed by atoms with Crippen LogP contribution in [-0.2, 0) is 16.6 Å². The minimum atomic E-state index is -3.37. The van der Waals surface area contributed by atoms with Gasteiger partial charge in [-0.25, -0.2) is 8.42 Å². The zero-order valence-electron chi connectivity index (χ0n) is 14.4. The van der Waals surface area contributed by atoms with Gasteiger partial charge in [0.2, 0.25) is 10.0 Å². The van der Waals surface area contributed by atoms with E-state index < -0.39 is 10.0 Å². The van der Waals surface area contributed by atoms with E-state index in [9.17, 15) is 8.42 Å². The molecular weight excluding hydrogens is 404 g/mol. The second kappa shape index (κ2) is 9.54. The number of halogens is 1. The number of sulfonamides is 1. The van der Waals surface area contributed by atoms with Crippen LogP contribution < -0.4 is 10.6 Å². The van der Waals surface area contributed by atoms with Gasteiger partial charge in [0.15, 0.2) is 5.96 Å². The second-order valence-corrected chi connectivity index (χ2v) is 8.27. The van der Waals surface area contributed by atoms with Crippen LogP contribution in [0.1, 0.15) is 37.7 Å². The van der Waals surface area contributed by atoms with E-state index in [2.05, 4.69) is 15.6 Å². The highest BCUT2D eigenvalue weighted by molar-refractivity contribution is 8.93. The van der Waals surface area contributed by atoms with Crippen LogP contribution >= 0.6 is 17.0 Å². The van der Waals surface area contributed by atoms with Crippen LogP contribution in [0.15, 0.2) is 34.2 Å². The van der Waals surface area contributed by atoms with Gasteiger partial charge in [0.05, 0.1) is 4.90 Å². The Morgan fingerprint density at radius 2 is 1.92 bits per heavy atom. The molecule has 0 saturated carbocycles. The molecule has 2 aliphatic rings. The van der Waals surface area contributed by atoms with Gasteiger partial charge in [0.1, 0.15) is 0 Å². The van der Waals surface area contributed by atoms with Crippen molar-refractivity contribution in [2.45, 2.75) is 43.5 Å². The van der Waals surface area contributed by atoms with Crippen LogP contribution in [0.3, 0.4) is 0 Å². The van der Waals surface area contributed by atoms with E-state index in [1.807, 2.05) is 12.1 Å². The van der Waals surface area contributed by atoms with E-state index in [1.165, 1.54) is 0 Å². The Kier molecular flexibility index (Phi) is 7.71. The third kappa shape index (κ3) is 5.43. The maximum Gasteiger partial charge on any atom is 0.243 e. The first kappa shape index (κ1) is 20.2. The number of nitrogens with one attached hydrogen (secondary N) is 2. The molecule has 25 heavy (non-hydrogen) atoms. The van der Waals surface area contributed by atoms with Crippen molar-refractivity contribution >= 4 is 33.0 Å². The number of aliphatic imine (C=N–C) groups is 1. The molecule has 0 radical (unpaired) electrons. The van der Waals surface area contributed by atoms with Crippen LogP contribution in [0.2, 0.25) is 0 Å². The molecule has 0 spiro atoms. The van der Waals surface area contributed by atoms with Crippen molar-refractivity contribution in [2.75, 3.05) is 26.2 Å². The molecule has 3 rings (SSSR count). The van der Waals surface area contributed by atoms with Crippen LogP contribution in [-0.4, -0.2) is 44.9 Å². The summed E-state index contributed by atoms with van der Waals surface area (Å²) in [6, 6.07) is 7.22. The Labute approximate surface area is 160 Å². The molecule has 8 heteroatoms. The van der Waals surface area contributed by atoms with E-state index in [1.54, 1.807) is 16.4 Å². The van der Waals surface area contributed by atoms with Gasteiger partial charge in [0.25, 0.3) is 0 Å². The van der Waals surface area contributed by atoms with Crippen molar-refractivity contribution in [3.63, 3.8) is 0 Å². The maximum absolute atomic E-state index is 12.8. The lowest BCUT2D eigenvalue weighted by Gasteiger charge is -2.26. The smallest absolute Gasteiger partial charge is 0.243 e. The van der Waals surface area contributed by atoms with Gasteiger partial charge in [0, 0.05) is 32.7 Å². The fraction of sp³-hybridized carbons (Fsp3) is 0.588. The molecule has 0 amide bonds. The fourth-order valence-corrected chi connectivity index (χ4v) is 4.65. The first-order valence-electron chi connectivity index (χ1n) is 8.77. The monoisotopic (exact) mass is 430 g/mol. The average molecular weight is 431 g/mol. The molecule has 1 aromatic carbocycles. The van der Waals surface area contributed by atoms with Crippen molar-refractivity contribution in [2.24, 2.45) is 4.99 Å². The number of nitrogens with zero attached hydrogens (tertiary/aromatic N) is 2. The molecule has 6 nitrogen and oxygen atoms in total. The molecule has 1 aromatic rings. The molecule has 2 N–H and O–H groups in total. The number of benzene rings is 1. The third-order valence-corrected chi connectivity index (χ3v) is 6.35. The lowest BCUT2D eigenvalue weighted by Crippen LogP contribution is -2.37. The van der Waals surface area contributed by atoms with E-state index >= 15 is 0 Å². The number of hydrogen-bond acceptors (Lipinski definition) is 5. The van der Waals surface area contributed by atoms with Crippen LogP contribution in [0.5, 0.6) is 0 Å². The summed E-state index contributed by atoms with van der Waals surface area (Å²) in [5.74, 6) is 0.803. The van der Waals surface area contributed by atoms with Gasteiger partial charge < -0.3 is 10.6 Å². The molecule has 140 valence electrons. The van der Waals surface area contributed by atoms with Gasteiger partial charge in [-0.3, -0.25) is 4.99 Å². The molecule has 0 atom stereocenters. The Morgan fingerprint density at radius 1 is 1.12 bits per heavy atom. The summed E-state index contributed by atoms with van der Waals surface area (Å²) in [6.45, 7) is 3.58. The standard InChI is InChI=1S/C17H26N4O2S.BrH/c22-24(23,21-11-4-1-5-12-21)16-8-6-7-15(13-16)14-20-17-18-9-2-3-10-19-17;/h6-8,13H,1-5,9-12,14H2,(H2,18,19,20);1H. The van der Waals surface area contributed by atoms with Gasteiger partial charge in [-0.1, -0.05) is 18.6 Å². The molecule has 0 aromatic heterocycles. The quantitative estimate of drug-likeness (QED) is 0.767. The molecule has 0 unspecified atom stereocenters. The van der Waals surface area contributed by atoms with E-state index in [-0.39, 0.29) is 17.0 Å². The lowest BCUT2D eigenvalue weighted by molar-refractivity contribution is 0.346. The summed E-state index contributed by atoms with van der Waals surface area (Å²) in [4.78, 5) is 4.84. The second-order valence-electron chi connectivity index (χ2n) is 6.33. The summed E-state index contributed by atoms with van der Waals surface area (Å²) >= 11 is 0. The molecular formula is C17H27BrN4O2S. The van der Waals surface area contributed by atoms with Gasteiger partial charge in [-0.05, 0) is 43.4 Å². The summed E-state index contributed by atoms with van der Waals surface area (Å²) in [6.07, 6.45) is 5.24. The van der Waals surface area contributed by atoms with E-state index in [0.29, 0.717) is 24.5 Å². The van der Waals surface area contributed by atoms with Crippen molar-refractivity contribution in [3.8, 4) is 0 Å². The summed E-state index contributed by atoms with van der Waals surface area (Å²) in [5.41, 5.74) is 0.946. The normalized spacial score (nSPS) is 19.1. The van der Waals surface area contributed by atoms with Crippen LogP contribution in [0.4, 0.5) is 0 Å². The van der Waals surface area contributed by atoms with Gasteiger partial charge in [-0.15, -0.1) is 17.0 Å². The largest absolute Gasteiger partial charge is 0.356 e. The zero-order chi connectivity index (χ0) is 16.8. The summed E-state index contributed by atoms with van der Waals surface area (Å²) in [7, 11) is -3.37. The van der Waals surface area contributed by atoms with Crippen molar-refractivity contribution < 1.29 is 8.42 Å². The van der Waals surface area contributed by atoms with Crippen LogP contribution in [0.25, 0.3) is 0 Å². The summed E-state index contributed by atoms with van der Waals surface area (Å²) < 4.78 is 27.1. The highest BCUT2D eigenvalue weighted by atomic mass is 79.9. The molecule has 1 saturated heterocycles. The van der Waals surface area contributed by atoms with Crippen molar-refractivity contribution in [3.05, 3.63) is 29.8 Å². The molecule has 2 aliphatic heterocycles. The Balaban J connectivity index is 0.00000225. The minimum absolute atomic E-state index is 0. The first-order valence-corrected chi connectivity index (χ1v) is 10.2. The van der Waals surface area contributed by atoms with E-state index in [0.717, 1.165) is 56.7 Å². The third-order valence-electron chi connectivity index (χ3n) is 4.46. The average Bonchev–Trinajstić information content (AvgIpc) is 2.90. The van der Waals surface area contributed by atoms with E-state index in [4.69, 9.17) is 0 Å². The number of rotatable bonds is 4. The lowest BCUT2D eigenvalue weighted by atomic mass is 10.2. The van der Waals surface area contributed by atoms with Gasteiger partial charge >= 0.3 is 0 Å². The SMILES string of the molecule is Br.O=S(=O)(c1cccc(CNC2=NCCCCN2)c1)N1CCCCC1. The Morgan fingerprint density at radius 3 is 2.72 bits per heavy atom. The molecule has 2 heterocycles. The maximum atomic E-state index is 12.8. The highest BCUT2D eigenvalue weighted by Crippen LogP contribution is 2.21. The fourth-order valence-electron chi connectivity index (χ4n) is 3.06. The molecule has 1 fully saturated rings.